The number of hydrogen-bond acceptors (Lipinski definition) is 3. The average Bonchev–Trinajstić information content (AvgIpc) is 2.36. The van der Waals surface area contributed by atoms with E-state index in [0.717, 1.165) is 32.1 Å². The number of esters is 1. The molecule has 0 saturated heterocycles. The molecule has 2 atom stereocenters. The summed E-state index contributed by atoms with van der Waals surface area (Å²) >= 11 is 0. The summed E-state index contributed by atoms with van der Waals surface area (Å²) in [6.45, 7) is 1.89. The van der Waals surface area contributed by atoms with Crippen molar-refractivity contribution in [3.8, 4) is 0 Å². The van der Waals surface area contributed by atoms with Crippen LogP contribution in [0.1, 0.15) is 45.4 Å². The Morgan fingerprint density at radius 1 is 1.16 bits per heavy atom. The summed E-state index contributed by atoms with van der Waals surface area (Å²) < 4.78 is 5.22. The lowest BCUT2D eigenvalue weighted by atomic mass is 10.1. The topological polar surface area (TPSA) is 46.5 Å². The molecule has 0 unspecified atom stereocenters. The number of aliphatic hydroxyl groups is 1. The van der Waals surface area contributed by atoms with Gasteiger partial charge >= 0.3 is 5.97 Å². The molecule has 0 aromatic carbocycles. The van der Waals surface area contributed by atoms with Crippen LogP contribution in [0.5, 0.6) is 0 Å². The Kier molecular flexibility index (Phi) is 7.91. The molecule has 0 spiro atoms. The van der Waals surface area contributed by atoms with E-state index in [1.165, 1.54) is 6.08 Å². The Balaban J connectivity index is 2.51. The predicted molar refractivity (Wildman–Crippen MR) is 76.7 cm³/mol. The van der Waals surface area contributed by atoms with E-state index in [0.29, 0.717) is 6.42 Å². The number of allylic oxidation sites excluding steroid dienone is 4. The molecule has 1 N–H and O–H groups in total. The smallest absolute Gasteiger partial charge is 0.330 e. The molecule has 0 bridgehead atoms. The average molecular weight is 264 g/mol. The van der Waals surface area contributed by atoms with Gasteiger partial charge in [0.05, 0.1) is 6.10 Å². The van der Waals surface area contributed by atoms with Crippen LogP contribution in [0.2, 0.25) is 0 Å². The van der Waals surface area contributed by atoms with Crippen LogP contribution in [0.4, 0.5) is 0 Å². The van der Waals surface area contributed by atoms with Gasteiger partial charge in [-0.2, -0.15) is 0 Å². The summed E-state index contributed by atoms with van der Waals surface area (Å²) in [4.78, 5) is 11.5. The molecule has 0 aliphatic carbocycles. The van der Waals surface area contributed by atoms with Crippen LogP contribution in [-0.2, 0) is 9.53 Å². The molecule has 1 aliphatic heterocycles. The van der Waals surface area contributed by atoms with Gasteiger partial charge in [0.25, 0.3) is 0 Å². The number of carbonyl (C=O) groups excluding carboxylic acids is 1. The number of aliphatic hydroxyl groups excluding tert-OH is 1. The zero-order valence-electron chi connectivity index (χ0n) is 11.6. The molecule has 1 rings (SSSR count). The van der Waals surface area contributed by atoms with Crippen LogP contribution < -0.4 is 0 Å². The molecule has 1 heterocycles. The van der Waals surface area contributed by atoms with Gasteiger partial charge in [-0.1, -0.05) is 30.4 Å². The van der Waals surface area contributed by atoms with Crippen LogP contribution in [0, 0.1) is 0 Å². The molecule has 0 aromatic heterocycles. The molecule has 1 aliphatic rings. The van der Waals surface area contributed by atoms with E-state index in [-0.39, 0.29) is 18.2 Å². The molecule has 0 radical (unpaired) electrons. The summed E-state index contributed by atoms with van der Waals surface area (Å²) in [6.07, 6.45) is 15.8. The third-order valence-electron chi connectivity index (χ3n) is 3.00. The molecular formula is C16H24O3. The van der Waals surface area contributed by atoms with Crippen molar-refractivity contribution in [2.75, 3.05) is 0 Å². The van der Waals surface area contributed by atoms with E-state index in [1.807, 2.05) is 31.2 Å². The minimum absolute atomic E-state index is 0.100. The maximum atomic E-state index is 11.5. The van der Waals surface area contributed by atoms with Crippen molar-refractivity contribution in [2.24, 2.45) is 0 Å². The van der Waals surface area contributed by atoms with Crippen molar-refractivity contribution in [1.82, 2.24) is 0 Å². The van der Waals surface area contributed by atoms with Gasteiger partial charge in [0, 0.05) is 12.5 Å². The third kappa shape index (κ3) is 8.38. The molecule has 0 amide bonds. The van der Waals surface area contributed by atoms with Gasteiger partial charge in [0.2, 0.25) is 0 Å². The van der Waals surface area contributed by atoms with Gasteiger partial charge in [0.1, 0.15) is 6.10 Å². The Morgan fingerprint density at radius 3 is 2.79 bits per heavy atom. The second-order valence-electron chi connectivity index (χ2n) is 4.90. The normalized spacial score (nSPS) is 32.2. The van der Waals surface area contributed by atoms with Gasteiger partial charge in [-0.25, -0.2) is 4.79 Å². The van der Waals surface area contributed by atoms with Gasteiger partial charge in [-0.05, 0) is 39.0 Å². The number of carbonyl (C=O) groups is 1. The molecular weight excluding hydrogens is 240 g/mol. The first-order valence-electron chi connectivity index (χ1n) is 7.05. The van der Waals surface area contributed by atoms with Crippen molar-refractivity contribution < 1.29 is 14.6 Å². The predicted octanol–water partition coefficient (Wildman–Crippen LogP) is 3.30. The highest BCUT2D eigenvalue weighted by Gasteiger charge is 2.05. The Hall–Kier alpha value is -1.35. The lowest BCUT2D eigenvalue weighted by Gasteiger charge is -2.09. The van der Waals surface area contributed by atoms with Crippen molar-refractivity contribution in [3.63, 3.8) is 0 Å². The van der Waals surface area contributed by atoms with Crippen molar-refractivity contribution in [2.45, 2.75) is 57.7 Å². The van der Waals surface area contributed by atoms with Crippen molar-refractivity contribution >= 4 is 5.97 Å². The van der Waals surface area contributed by atoms with Crippen LogP contribution in [0.15, 0.2) is 36.5 Å². The van der Waals surface area contributed by atoms with Gasteiger partial charge in [0.15, 0.2) is 0 Å². The first kappa shape index (κ1) is 15.7. The van der Waals surface area contributed by atoms with Crippen LogP contribution in [-0.4, -0.2) is 23.3 Å². The Morgan fingerprint density at radius 2 is 1.95 bits per heavy atom. The van der Waals surface area contributed by atoms with Crippen LogP contribution in [0.25, 0.3) is 0 Å². The lowest BCUT2D eigenvalue weighted by molar-refractivity contribution is -0.141. The first-order valence-corrected chi connectivity index (χ1v) is 7.05. The highest BCUT2D eigenvalue weighted by Crippen LogP contribution is 2.09. The second kappa shape index (κ2) is 9.56. The van der Waals surface area contributed by atoms with E-state index < -0.39 is 0 Å². The Bertz CT molecular complexity index is 342. The van der Waals surface area contributed by atoms with Crippen molar-refractivity contribution in [3.05, 3.63) is 36.5 Å². The quantitative estimate of drug-likeness (QED) is 0.683. The first-order chi connectivity index (χ1) is 9.18. The summed E-state index contributed by atoms with van der Waals surface area (Å²) in [5.74, 6) is -0.288. The van der Waals surface area contributed by atoms with E-state index in [1.54, 1.807) is 0 Å². The summed E-state index contributed by atoms with van der Waals surface area (Å²) in [5.41, 5.74) is 0. The largest absolute Gasteiger partial charge is 0.459 e. The van der Waals surface area contributed by atoms with Crippen molar-refractivity contribution in [1.29, 1.82) is 0 Å². The molecule has 3 heteroatoms. The van der Waals surface area contributed by atoms with Gasteiger partial charge < -0.3 is 9.84 Å². The monoisotopic (exact) mass is 264 g/mol. The fourth-order valence-corrected chi connectivity index (χ4v) is 1.89. The van der Waals surface area contributed by atoms with E-state index in [2.05, 4.69) is 6.08 Å². The number of rotatable bonds is 0. The standard InChI is InChI=1S/C16H24O3/c1-14-10-6-3-2-4-7-11-15(17)12-8-5-9-13-16(18)19-14/h2-4,6,9,13-15,17H,5,7-8,10-12H2,1H3/b4-2+,6-3+,13-9+/t14-,15+/m1/s1. The number of cyclic esters (lactones) is 1. The van der Waals surface area contributed by atoms with E-state index >= 15 is 0 Å². The minimum atomic E-state index is -0.288. The molecule has 106 valence electrons. The fourth-order valence-electron chi connectivity index (χ4n) is 1.89. The zero-order chi connectivity index (χ0) is 13.9. The highest BCUT2D eigenvalue weighted by molar-refractivity contribution is 5.81. The number of hydrogen-bond donors (Lipinski definition) is 1. The second-order valence-corrected chi connectivity index (χ2v) is 4.90. The lowest BCUT2D eigenvalue weighted by Crippen LogP contribution is -2.11. The Labute approximate surface area is 115 Å². The molecule has 0 saturated carbocycles. The summed E-state index contributed by atoms with van der Waals surface area (Å²) in [5, 5.41) is 9.74. The maximum absolute atomic E-state index is 11.5. The summed E-state index contributed by atoms with van der Waals surface area (Å²) in [6, 6.07) is 0. The van der Waals surface area contributed by atoms with Gasteiger partial charge in [-0.15, -0.1) is 0 Å². The zero-order valence-corrected chi connectivity index (χ0v) is 11.6. The van der Waals surface area contributed by atoms with Crippen LogP contribution in [0.3, 0.4) is 0 Å². The SMILES string of the molecule is C[C@@H]1C/C=C/C=C/CC[C@H](O)CCC/C=C/C(=O)O1. The van der Waals surface area contributed by atoms with E-state index in [9.17, 15) is 9.90 Å². The van der Waals surface area contributed by atoms with Gasteiger partial charge in [-0.3, -0.25) is 0 Å². The number of ether oxygens (including phenoxy) is 1. The fraction of sp³-hybridized carbons (Fsp3) is 0.562. The highest BCUT2D eigenvalue weighted by atomic mass is 16.5. The molecule has 19 heavy (non-hydrogen) atoms. The van der Waals surface area contributed by atoms with E-state index in [4.69, 9.17) is 4.74 Å². The molecule has 3 nitrogen and oxygen atoms in total. The molecule has 0 fully saturated rings. The maximum Gasteiger partial charge on any atom is 0.330 e. The minimum Gasteiger partial charge on any atom is -0.459 e. The molecule has 0 aromatic rings. The third-order valence-corrected chi connectivity index (χ3v) is 3.00. The summed E-state index contributed by atoms with van der Waals surface area (Å²) in [7, 11) is 0. The van der Waals surface area contributed by atoms with Crippen LogP contribution >= 0.6 is 0 Å².